The van der Waals surface area contributed by atoms with Crippen molar-refractivity contribution in [3.63, 3.8) is 0 Å². The van der Waals surface area contributed by atoms with Crippen LogP contribution in [0.1, 0.15) is 17.2 Å². The van der Waals surface area contributed by atoms with Crippen molar-refractivity contribution in [1.29, 1.82) is 0 Å². The molecule has 57 heavy (non-hydrogen) atoms. The zero-order valence-corrected chi connectivity index (χ0v) is 31.0. The quantitative estimate of drug-likeness (QED) is 0.173. The van der Waals surface area contributed by atoms with E-state index in [1.54, 1.807) is 0 Å². The molecule has 8 aromatic carbocycles. The van der Waals surface area contributed by atoms with Gasteiger partial charge in [0.2, 0.25) is 0 Å². The second-order valence-electron chi connectivity index (χ2n) is 14.6. The lowest BCUT2D eigenvalue weighted by molar-refractivity contribution is 0.995. The summed E-state index contributed by atoms with van der Waals surface area (Å²) >= 11 is 0. The molecule has 0 saturated heterocycles. The minimum atomic E-state index is -0.100. The van der Waals surface area contributed by atoms with Crippen LogP contribution in [0.25, 0.3) is 71.9 Å². The molecule has 4 nitrogen and oxygen atoms in total. The molecule has 2 aromatic heterocycles. The molecule has 11 rings (SSSR count). The smallest absolute Gasteiger partial charge is 0.0956 e. The van der Waals surface area contributed by atoms with Gasteiger partial charge in [-0.2, -0.15) is 0 Å². The van der Waals surface area contributed by atoms with Crippen LogP contribution >= 0.6 is 0 Å². The maximum Gasteiger partial charge on any atom is 0.0956 e. The van der Waals surface area contributed by atoms with E-state index in [1.165, 1.54) is 21.7 Å². The molecule has 0 amide bonds. The van der Waals surface area contributed by atoms with Crippen LogP contribution < -0.4 is 10.2 Å². The molecule has 3 heterocycles. The van der Waals surface area contributed by atoms with Crippen LogP contribution in [0.3, 0.4) is 0 Å². The normalized spacial score (nSPS) is 13.5. The fourth-order valence-corrected chi connectivity index (χ4v) is 8.59. The summed E-state index contributed by atoms with van der Waals surface area (Å²) in [4.78, 5) is 13.2. The van der Waals surface area contributed by atoms with Crippen LogP contribution in [0.4, 0.5) is 22.7 Å². The van der Waals surface area contributed by atoms with Crippen molar-refractivity contribution in [3.8, 4) is 22.5 Å². The van der Waals surface area contributed by atoms with Gasteiger partial charge in [-0.3, -0.25) is 0 Å². The number of hydrogen-bond acceptors (Lipinski definition) is 4. The number of rotatable bonds is 6. The SMILES string of the molecule is C1=CC(c2cc3c(-c4ccccc4)nc4c(N(c5ccccc5)c5ccccc5)cccc4c3c3ccccc23)Nc2c1ccc1ccc(-c3ccccc3)nc21. The zero-order chi connectivity index (χ0) is 37.7. The van der Waals surface area contributed by atoms with E-state index < -0.39 is 0 Å². The molecule has 0 aliphatic carbocycles. The number of para-hydroxylation sites is 3. The number of hydrogen-bond donors (Lipinski definition) is 1. The summed E-state index contributed by atoms with van der Waals surface area (Å²) < 4.78 is 0. The predicted octanol–water partition coefficient (Wildman–Crippen LogP) is 14.1. The van der Waals surface area contributed by atoms with Crippen LogP contribution in [-0.4, -0.2) is 9.97 Å². The molecular formula is C53H36N4. The average Bonchev–Trinajstić information content (AvgIpc) is 3.29. The van der Waals surface area contributed by atoms with E-state index >= 15 is 0 Å². The monoisotopic (exact) mass is 728 g/mol. The lowest BCUT2D eigenvalue weighted by Crippen LogP contribution is -2.14. The van der Waals surface area contributed by atoms with Crippen molar-refractivity contribution in [2.24, 2.45) is 0 Å². The van der Waals surface area contributed by atoms with E-state index in [1.807, 2.05) is 6.07 Å². The number of nitrogens with one attached hydrogen (secondary N) is 1. The number of pyridine rings is 2. The second kappa shape index (κ2) is 13.6. The maximum absolute atomic E-state index is 5.66. The van der Waals surface area contributed by atoms with Crippen LogP contribution in [0.2, 0.25) is 0 Å². The molecule has 0 fully saturated rings. The van der Waals surface area contributed by atoms with Crippen molar-refractivity contribution >= 4 is 72.2 Å². The highest BCUT2D eigenvalue weighted by molar-refractivity contribution is 6.25. The lowest BCUT2D eigenvalue weighted by Gasteiger charge is -2.28. The Bertz CT molecular complexity index is 3100. The summed E-state index contributed by atoms with van der Waals surface area (Å²) in [5.41, 5.74) is 12.6. The predicted molar refractivity (Wildman–Crippen MR) is 239 cm³/mol. The van der Waals surface area contributed by atoms with Gasteiger partial charge < -0.3 is 10.2 Å². The molecule has 4 heteroatoms. The summed E-state index contributed by atoms with van der Waals surface area (Å²) in [6.07, 6.45) is 4.53. The molecule has 1 N–H and O–H groups in total. The van der Waals surface area contributed by atoms with Gasteiger partial charge in [0.05, 0.1) is 39.8 Å². The minimum Gasteiger partial charge on any atom is -0.372 e. The Hall–Kier alpha value is -7.56. The van der Waals surface area contributed by atoms with Gasteiger partial charge in [0, 0.05) is 44.0 Å². The van der Waals surface area contributed by atoms with Crippen molar-refractivity contribution in [1.82, 2.24) is 9.97 Å². The average molecular weight is 729 g/mol. The Labute approximate surface area is 331 Å². The molecule has 0 bridgehead atoms. The van der Waals surface area contributed by atoms with Crippen LogP contribution in [0.15, 0.2) is 200 Å². The summed E-state index contributed by atoms with van der Waals surface area (Å²) in [6.45, 7) is 0. The summed E-state index contributed by atoms with van der Waals surface area (Å²) in [7, 11) is 0. The molecule has 1 unspecified atom stereocenters. The topological polar surface area (TPSA) is 41.1 Å². The fraction of sp³-hybridized carbons (Fsp3) is 0.0189. The number of anilines is 4. The summed E-state index contributed by atoms with van der Waals surface area (Å²) in [5, 5.41) is 10.9. The Morgan fingerprint density at radius 3 is 1.81 bits per heavy atom. The Balaban J connectivity index is 1.15. The third-order valence-electron chi connectivity index (χ3n) is 11.2. The third-order valence-corrected chi connectivity index (χ3v) is 11.2. The molecule has 10 aromatic rings. The van der Waals surface area contributed by atoms with Gasteiger partial charge in [0.1, 0.15) is 0 Å². The first kappa shape index (κ1) is 32.8. The molecule has 1 aliphatic heterocycles. The van der Waals surface area contributed by atoms with Gasteiger partial charge in [-0.15, -0.1) is 0 Å². The minimum absolute atomic E-state index is 0.100. The largest absolute Gasteiger partial charge is 0.372 e. The molecule has 0 saturated carbocycles. The molecule has 0 radical (unpaired) electrons. The number of aromatic nitrogens is 2. The number of fused-ring (bicyclic) bond motifs is 8. The lowest BCUT2D eigenvalue weighted by atomic mass is 9.88. The van der Waals surface area contributed by atoms with E-state index in [0.29, 0.717) is 0 Å². The molecule has 1 atom stereocenters. The second-order valence-corrected chi connectivity index (χ2v) is 14.6. The van der Waals surface area contributed by atoms with Crippen LogP contribution in [0, 0.1) is 0 Å². The van der Waals surface area contributed by atoms with Gasteiger partial charge in [-0.05, 0) is 64.4 Å². The van der Waals surface area contributed by atoms with Crippen LogP contribution in [0.5, 0.6) is 0 Å². The van der Waals surface area contributed by atoms with Crippen molar-refractivity contribution < 1.29 is 0 Å². The highest BCUT2D eigenvalue weighted by Crippen LogP contribution is 2.46. The maximum atomic E-state index is 5.66. The highest BCUT2D eigenvalue weighted by Gasteiger charge is 2.25. The van der Waals surface area contributed by atoms with Gasteiger partial charge in [-0.1, -0.05) is 164 Å². The van der Waals surface area contributed by atoms with Crippen LogP contribution in [-0.2, 0) is 0 Å². The van der Waals surface area contributed by atoms with E-state index in [4.69, 9.17) is 9.97 Å². The molecule has 268 valence electrons. The first-order valence-electron chi connectivity index (χ1n) is 19.5. The van der Waals surface area contributed by atoms with Crippen molar-refractivity contribution in [2.45, 2.75) is 6.04 Å². The first-order valence-corrected chi connectivity index (χ1v) is 19.5. The van der Waals surface area contributed by atoms with Gasteiger partial charge in [0.25, 0.3) is 0 Å². The fourth-order valence-electron chi connectivity index (χ4n) is 8.59. The van der Waals surface area contributed by atoms with Crippen molar-refractivity contribution in [3.05, 3.63) is 211 Å². The summed E-state index contributed by atoms with van der Waals surface area (Å²) in [5.74, 6) is 0. The van der Waals surface area contributed by atoms with Gasteiger partial charge in [0.15, 0.2) is 0 Å². The Kier molecular flexibility index (Phi) is 7.85. The van der Waals surface area contributed by atoms with E-state index in [-0.39, 0.29) is 6.04 Å². The van der Waals surface area contributed by atoms with E-state index in [9.17, 15) is 0 Å². The Morgan fingerprint density at radius 1 is 0.474 bits per heavy atom. The number of benzene rings is 8. The molecular weight excluding hydrogens is 693 g/mol. The van der Waals surface area contributed by atoms with E-state index in [0.717, 1.165) is 78.0 Å². The number of nitrogens with zero attached hydrogens (tertiary/aromatic N) is 3. The first-order chi connectivity index (χ1) is 28.3. The van der Waals surface area contributed by atoms with E-state index in [2.05, 4.69) is 210 Å². The van der Waals surface area contributed by atoms with Gasteiger partial charge >= 0.3 is 0 Å². The molecule has 0 spiro atoms. The third kappa shape index (κ3) is 5.61. The highest BCUT2D eigenvalue weighted by atomic mass is 15.1. The Morgan fingerprint density at radius 2 is 1.09 bits per heavy atom. The standard InChI is InChI=1S/C53H36N4/c1-5-16-35(17-6-1)46-32-30-37-28-29-38-31-33-47(55-52(38)51(37)54-46)44-34-45-49(42-25-14-13-24-41(42)44)43-26-15-27-48(53(43)56-50(45)36-18-7-2-8-19-36)57(39-20-9-3-10-21-39)40-22-11-4-12-23-40/h1-34,47,55H. The van der Waals surface area contributed by atoms with Crippen molar-refractivity contribution in [2.75, 3.05) is 10.2 Å². The zero-order valence-electron chi connectivity index (χ0n) is 31.0. The van der Waals surface area contributed by atoms with Gasteiger partial charge in [-0.25, -0.2) is 9.97 Å². The summed E-state index contributed by atoms with van der Waals surface area (Å²) in [6, 6.07) is 68.6. The molecule has 1 aliphatic rings.